The molecule has 0 aliphatic heterocycles. The first-order chi connectivity index (χ1) is 8.90. The third kappa shape index (κ3) is 4.97. The van der Waals surface area contributed by atoms with E-state index < -0.39 is 11.7 Å². The van der Waals surface area contributed by atoms with Gasteiger partial charge in [0.2, 0.25) is 0 Å². The maximum absolute atomic E-state index is 13.3. The quantitative estimate of drug-likeness (QED) is 0.643. The Morgan fingerprint density at radius 2 is 1.53 bits per heavy atom. The van der Waals surface area contributed by atoms with Gasteiger partial charge in [-0.25, -0.2) is 0 Å². The molecule has 1 rings (SSSR count). The van der Waals surface area contributed by atoms with Gasteiger partial charge in [0.05, 0.1) is 9.81 Å². The number of allylic oxidation sites excluding steroid dienone is 1. The van der Waals surface area contributed by atoms with E-state index in [1.54, 1.807) is 0 Å². The molecule has 0 radical (unpaired) electrons. The first kappa shape index (κ1) is 16.8. The second-order valence-electron chi connectivity index (χ2n) is 3.53. The topological polar surface area (TPSA) is 0 Å². The molecule has 19 heavy (non-hydrogen) atoms. The zero-order valence-electron chi connectivity index (χ0n) is 10.6. The van der Waals surface area contributed by atoms with Crippen molar-refractivity contribution in [2.24, 2.45) is 0 Å². The highest BCUT2D eigenvalue weighted by molar-refractivity contribution is 8.22. The molecule has 0 nitrogen and oxygen atoms in total. The Kier molecular flexibility index (Phi) is 6.63. The molecule has 1 aromatic carbocycles. The van der Waals surface area contributed by atoms with Crippen molar-refractivity contribution >= 4 is 40.7 Å². The highest BCUT2D eigenvalue weighted by Crippen LogP contribution is 2.44. The molecule has 0 N–H and O–H groups in total. The smallest absolute Gasteiger partial charge is 0.166 e. The van der Waals surface area contributed by atoms with Gasteiger partial charge in [0, 0.05) is 5.02 Å². The summed E-state index contributed by atoms with van der Waals surface area (Å²) in [6.07, 6.45) is -4.37. The summed E-state index contributed by atoms with van der Waals surface area (Å²) in [7, 11) is 0. The van der Waals surface area contributed by atoms with Crippen LogP contribution in [-0.4, -0.2) is 17.7 Å². The van der Waals surface area contributed by atoms with E-state index in [1.807, 2.05) is 13.8 Å². The van der Waals surface area contributed by atoms with Gasteiger partial charge in [-0.2, -0.15) is 13.2 Å². The zero-order chi connectivity index (χ0) is 14.5. The van der Waals surface area contributed by atoms with Gasteiger partial charge in [-0.15, -0.1) is 23.5 Å². The third-order valence-electron chi connectivity index (χ3n) is 2.17. The minimum atomic E-state index is -4.37. The van der Waals surface area contributed by atoms with Crippen LogP contribution in [0.2, 0.25) is 5.02 Å². The largest absolute Gasteiger partial charge is 0.418 e. The van der Waals surface area contributed by atoms with E-state index in [0.29, 0.717) is 20.8 Å². The summed E-state index contributed by atoms with van der Waals surface area (Å²) in [6, 6.07) is 5.79. The number of rotatable bonds is 5. The van der Waals surface area contributed by atoms with Crippen LogP contribution >= 0.6 is 35.1 Å². The van der Waals surface area contributed by atoms with Crippen LogP contribution in [-0.2, 0) is 0 Å². The van der Waals surface area contributed by atoms with Crippen LogP contribution in [0, 0.1) is 0 Å². The summed E-state index contributed by atoms with van der Waals surface area (Å²) >= 11 is 8.17. The Labute approximate surface area is 124 Å². The van der Waals surface area contributed by atoms with E-state index in [4.69, 9.17) is 11.6 Å². The molecule has 0 bridgehead atoms. The van der Waals surface area contributed by atoms with E-state index in [1.165, 1.54) is 47.8 Å². The molecule has 0 heterocycles. The molecular weight excluding hydrogens is 313 g/mol. The van der Waals surface area contributed by atoms with Crippen molar-refractivity contribution in [3.8, 4) is 0 Å². The lowest BCUT2D eigenvalue weighted by atomic mass is 10.1. The number of thioether (sulfide) groups is 2. The van der Waals surface area contributed by atoms with Crippen LogP contribution in [0.3, 0.4) is 0 Å². The maximum atomic E-state index is 13.3. The number of halogens is 4. The van der Waals surface area contributed by atoms with Gasteiger partial charge in [0.25, 0.3) is 0 Å². The molecule has 0 saturated carbocycles. The first-order valence-corrected chi connectivity index (χ1v) is 8.08. The van der Waals surface area contributed by atoms with E-state index in [2.05, 4.69) is 0 Å². The second-order valence-corrected chi connectivity index (χ2v) is 6.78. The SMILES string of the molecule is CCSC(SCC)=C(c1ccc(Cl)cc1)C(F)(F)F. The molecule has 0 aliphatic carbocycles. The van der Waals surface area contributed by atoms with Gasteiger partial charge in [0.1, 0.15) is 0 Å². The molecule has 0 unspecified atom stereocenters. The van der Waals surface area contributed by atoms with Gasteiger partial charge >= 0.3 is 6.18 Å². The Morgan fingerprint density at radius 3 is 1.89 bits per heavy atom. The second kappa shape index (κ2) is 7.50. The van der Waals surface area contributed by atoms with E-state index in [9.17, 15) is 13.2 Å². The predicted octanol–water partition coefficient (Wildman–Crippen LogP) is 6.08. The zero-order valence-corrected chi connectivity index (χ0v) is 12.9. The third-order valence-corrected chi connectivity index (χ3v) is 4.64. The number of alkyl halides is 3. The van der Waals surface area contributed by atoms with E-state index in [-0.39, 0.29) is 5.56 Å². The summed E-state index contributed by atoms with van der Waals surface area (Å²) in [4.78, 5) is 0. The molecule has 0 amide bonds. The van der Waals surface area contributed by atoms with Crippen LogP contribution in [0.1, 0.15) is 19.4 Å². The maximum Gasteiger partial charge on any atom is 0.418 e. The normalized spacial score (nSPS) is 11.5. The minimum Gasteiger partial charge on any atom is -0.166 e. The Morgan fingerprint density at radius 1 is 1.05 bits per heavy atom. The van der Waals surface area contributed by atoms with Gasteiger partial charge < -0.3 is 0 Å². The van der Waals surface area contributed by atoms with Crippen LogP contribution < -0.4 is 0 Å². The lowest BCUT2D eigenvalue weighted by Crippen LogP contribution is -2.12. The fourth-order valence-electron chi connectivity index (χ4n) is 1.46. The highest BCUT2D eigenvalue weighted by Gasteiger charge is 2.37. The monoisotopic (exact) mass is 326 g/mol. The van der Waals surface area contributed by atoms with Crippen molar-refractivity contribution in [2.45, 2.75) is 20.0 Å². The van der Waals surface area contributed by atoms with E-state index >= 15 is 0 Å². The van der Waals surface area contributed by atoms with Crippen LogP contribution in [0.5, 0.6) is 0 Å². The Balaban J connectivity index is 3.34. The van der Waals surface area contributed by atoms with Crippen LogP contribution in [0.25, 0.3) is 5.57 Å². The van der Waals surface area contributed by atoms with Gasteiger partial charge in [-0.1, -0.05) is 37.6 Å². The average molecular weight is 327 g/mol. The molecule has 6 heteroatoms. The lowest BCUT2D eigenvalue weighted by molar-refractivity contribution is -0.0688. The standard InChI is InChI=1S/C13H14ClF3S2/c1-3-18-12(19-4-2)11(13(15,16)17)9-5-7-10(14)8-6-9/h5-8H,3-4H2,1-2H3. The fourth-order valence-corrected chi connectivity index (χ4v) is 3.91. The van der Waals surface area contributed by atoms with Crippen LogP contribution in [0.15, 0.2) is 28.5 Å². The Bertz CT molecular complexity index is 430. The first-order valence-electron chi connectivity index (χ1n) is 5.73. The number of hydrogen-bond acceptors (Lipinski definition) is 2. The van der Waals surface area contributed by atoms with Gasteiger partial charge in [0.15, 0.2) is 0 Å². The molecular formula is C13H14ClF3S2. The highest BCUT2D eigenvalue weighted by atomic mass is 35.5. The van der Waals surface area contributed by atoms with Gasteiger partial charge in [-0.05, 0) is 29.2 Å². The molecule has 0 atom stereocenters. The van der Waals surface area contributed by atoms with Crippen molar-refractivity contribution in [2.75, 3.05) is 11.5 Å². The number of hydrogen-bond donors (Lipinski definition) is 0. The summed E-state index contributed by atoms with van der Waals surface area (Å²) < 4.78 is 40.2. The van der Waals surface area contributed by atoms with Crippen molar-refractivity contribution < 1.29 is 13.2 Å². The molecule has 1 aromatic rings. The summed E-state index contributed by atoms with van der Waals surface area (Å²) in [5, 5.41) is 0.429. The molecule has 0 fully saturated rings. The molecule has 0 spiro atoms. The number of benzene rings is 1. The lowest BCUT2D eigenvalue weighted by Gasteiger charge is -2.17. The molecule has 0 saturated heterocycles. The molecule has 106 valence electrons. The fraction of sp³-hybridized carbons (Fsp3) is 0.385. The summed E-state index contributed by atoms with van der Waals surface area (Å²) in [6.45, 7) is 3.69. The Hall–Kier alpha value is -0.260. The predicted molar refractivity (Wildman–Crippen MR) is 80.7 cm³/mol. The van der Waals surface area contributed by atoms with Crippen LogP contribution in [0.4, 0.5) is 13.2 Å². The molecule has 0 aliphatic rings. The van der Waals surface area contributed by atoms with Gasteiger partial charge in [-0.3, -0.25) is 0 Å². The molecule has 0 aromatic heterocycles. The van der Waals surface area contributed by atoms with Crippen molar-refractivity contribution in [1.29, 1.82) is 0 Å². The van der Waals surface area contributed by atoms with E-state index in [0.717, 1.165) is 0 Å². The van der Waals surface area contributed by atoms with Crippen molar-refractivity contribution in [3.63, 3.8) is 0 Å². The minimum absolute atomic E-state index is 0.161. The average Bonchev–Trinajstić information content (AvgIpc) is 2.31. The van der Waals surface area contributed by atoms with Crippen molar-refractivity contribution in [3.05, 3.63) is 39.1 Å². The summed E-state index contributed by atoms with van der Waals surface area (Å²) in [5.74, 6) is 1.21. The van der Waals surface area contributed by atoms with Crippen molar-refractivity contribution in [1.82, 2.24) is 0 Å². The summed E-state index contributed by atoms with van der Waals surface area (Å²) in [5.41, 5.74) is -0.406.